The minimum atomic E-state index is -0.938. The Balaban J connectivity index is 1.23. The average molecular weight is 482 g/mol. The molecule has 0 saturated carbocycles. The molecule has 34 heavy (non-hydrogen) atoms. The zero-order valence-electron chi connectivity index (χ0n) is 18.6. The number of benzene rings is 2. The predicted molar refractivity (Wildman–Crippen MR) is 133 cm³/mol. The third-order valence-corrected chi connectivity index (χ3v) is 6.19. The van der Waals surface area contributed by atoms with E-state index in [-0.39, 0.29) is 5.91 Å². The second-order valence-electron chi connectivity index (χ2n) is 7.88. The molecule has 0 saturated heterocycles. The van der Waals surface area contributed by atoms with Crippen molar-refractivity contribution in [3.63, 3.8) is 0 Å². The van der Waals surface area contributed by atoms with Crippen molar-refractivity contribution < 1.29 is 19.4 Å². The van der Waals surface area contributed by atoms with E-state index < -0.39 is 12.0 Å². The summed E-state index contributed by atoms with van der Waals surface area (Å²) < 4.78 is 6.72. The van der Waals surface area contributed by atoms with Crippen LogP contribution < -0.4 is 20.7 Å². The first-order valence-electron chi connectivity index (χ1n) is 11.2. The van der Waals surface area contributed by atoms with Crippen molar-refractivity contribution in [2.45, 2.75) is 31.7 Å². The number of carbonyl (C=O) groups is 2. The molecule has 178 valence electrons. The van der Waals surface area contributed by atoms with Gasteiger partial charge in [0.05, 0.1) is 16.8 Å². The predicted octanol–water partition coefficient (Wildman–Crippen LogP) is 3.03. The molecular weight excluding hydrogens is 454 g/mol. The Morgan fingerprint density at radius 2 is 2.00 bits per heavy atom. The van der Waals surface area contributed by atoms with Crippen LogP contribution in [0.15, 0.2) is 53.5 Å². The molecule has 2 aromatic carbocycles. The summed E-state index contributed by atoms with van der Waals surface area (Å²) in [4.78, 5) is 32.4. The third kappa shape index (κ3) is 6.67. The molecule has 0 bridgehead atoms. The van der Waals surface area contributed by atoms with Gasteiger partial charge >= 0.3 is 5.97 Å². The molecule has 4 N–H and O–H groups in total. The summed E-state index contributed by atoms with van der Waals surface area (Å²) in [5.74, 6) is 0.193. The van der Waals surface area contributed by atoms with Gasteiger partial charge in [-0.25, -0.2) is 9.78 Å². The summed E-state index contributed by atoms with van der Waals surface area (Å²) in [6.07, 6.45) is 2.21. The van der Waals surface area contributed by atoms with Crippen LogP contribution in [0.4, 0.5) is 5.13 Å². The van der Waals surface area contributed by atoms with E-state index in [9.17, 15) is 14.7 Å². The Morgan fingerprint density at radius 1 is 1.18 bits per heavy atom. The summed E-state index contributed by atoms with van der Waals surface area (Å²) >= 11 is 1.43. The lowest BCUT2D eigenvalue weighted by atomic mass is 10.1. The number of anilines is 1. The van der Waals surface area contributed by atoms with Crippen molar-refractivity contribution in [2.75, 3.05) is 25.0 Å². The standard InChI is InChI=1S/C24H27N5O4S/c30-21(29-23-25-12-4-13-26-23)7-3-14-33-17-10-8-16(9-11-17)15-19(22(31)32)28-24-27-18-5-1-2-6-20(18)34-24/h1-2,5-6,8-11,19H,3-4,7,12-15H2,(H,27,28)(H,31,32)(H2,25,26,29,30)/t19-/m0/s1. The molecule has 0 unspecified atom stereocenters. The van der Waals surface area contributed by atoms with E-state index in [0.29, 0.717) is 42.7 Å². The minimum absolute atomic E-state index is 0.0903. The quantitative estimate of drug-likeness (QED) is 0.328. The molecule has 1 aliphatic heterocycles. The Labute approximate surface area is 201 Å². The van der Waals surface area contributed by atoms with Gasteiger partial charge in [0, 0.05) is 25.9 Å². The second kappa shape index (κ2) is 11.5. The normalized spacial score (nSPS) is 14.1. The smallest absolute Gasteiger partial charge is 0.326 e. The number of amides is 1. The summed E-state index contributed by atoms with van der Waals surface area (Å²) in [6.45, 7) is 1.96. The van der Waals surface area contributed by atoms with Crippen LogP contribution in [0.1, 0.15) is 24.8 Å². The number of fused-ring (bicyclic) bond motifs is 1. The van der Waals surface area contributed by atoms with Gasteiger partial charge in [0.25, 0.3) is 0 Å². The lowest BCUT2D eigenvalue weighted by Crippen LogP contribution is -2.43. The fourth-order valence-corrected chi connectivity index (χ4v) is 4.39. The van der Waals surface area contributed by atoms with Gasteiger partial charge in [-0.15, -0.1) is 0 Å². The van der Waals surface area contributed by atoms with Crippen LogP contribution in [-0.2, 0) is 16.0 Å². The second-order valence-corrected chi connectivity index (χ2v) is 8.91. The van der Waals surface area contributed by atoms with Crippen molar-refractivity contribution in [3.8, 4) is 5.75 Å². The highest BCUT2D eigenvalue weighted by atomic mass is 32.1. The Bertz CT molecular complexity index is 1130. The number of thiazole rings is 1. The van der Waals surface area contributed by atoms with Crippen molar-refractivity contribution in [3.05, 3.63) is 54.1 Å². The molecule has 0 fully saturated rings. The number of nitrogens with one attached hydrogen (secondary N) is 3. The number of para-hydroxylation sites is 1. The number of carboxylic acid groups (broad SMARTS) is 1. The fourth-order valence-electron chi connectivity index (χ4n) is 3.47. The number of nitrogens with zero attached hydrogens (tertiary/aromatic N) is 2. The Morgan fingerprint density at radius 3 is 2.74 bits per heavy atom. The molecule has 0 aliphatic carbocycles. The van der Waals surface area contributed by atoms with Crippen LogP contribution in [0.3, 0.4) is 0 Å². The number of carbonyl (C=O) groups excluding carboxylic acids is 1. The van der Waals surface area contributed by atoms with E-state index in [4.69, 9.17) is 4.74 Å². The van der Waals surface area contributed by atoms with E-state index >= 15 is 0 Å². The molecule has 0 spiro atoms. The molecule has 9 nitrogen and oxygen atoms in total. The first-order valence-corrected chi connectivity index (χ1v) is 12.0. The van der Waals surface area contributed by atoms with Gasteiger partial charge in [0.1, 0.15) is 11.8 Å². The number of guanidine groups is 1. The number of aromatic nitrogens is 1. The topological polar surface area (TPSA) is 125 Å². The number of aliphatic carboxylic acids is 1. The molecule has 10 heteroatoms. The molecule has 2 heterocycles. The number of hydrogen-bond donors (Lipinski definition) is 4. The number of carboxylic acids is 1. The molecular formula is C24H27N5O4S. The summed E-state index contributed by atoms with van der Waals surface area (Å²) in [5, 5.41) is 19.1. The SMILES string of the molecule is O=C(CCCOc1ccc(C[C@H](Nc2nc3ccccc3s2)C(=O)O)cc1)NC1=NCCCN1. The maximum absolute atomic E-state index is 12.0. The lowest BCUT2D eigenvalue weighted by molar-refractivity contribution is -0.137. The van der Waals surface area contributed by atoms with E-state index in [1.54, 1.807) is 0 Å². The number of hydrogen-bond acceptors (Lipinski definition) is 8. The maximum Gasteiger partial charge on any atom is 0.326 e. The zero-order valence-corrected chi connectivity index (χ0v) is 19.4. The van der Waals surface area contributed by atoms with Gasteiger partial charge in [-0.1, -0.05) is 35.6 Å². The summed E-state index contributed by atoms with van der Waals surface area (Å²) in [7, 11) is 0. The zero-order chi connectivity index (χ0) is 23.8. The monoisotopic (exact) mass is 481 g/mol. The number of aliphatic imine (C=N–C) groups is 1. The fraction of sp³-hybridized carbons (Fsp3) is 0.333. The van der Waals surface area contributed by atoms with Gasteiger partial charge in [0.15, 0.2) is 11.1 Å². The van der Waals surface area contributed by atoms with Crippen LogP contribution in [0.5, 0.6) is 5.75 Å². The van der Waals surface area contributed by atoms with Gasteiger partial charge < -0.3 is 20.5 Å². The van der Waals surface area contributed by atoms with Crippen LogP contribution in [-0.4, -0.2) is 53.7 Å². The van der Waals surface area contributed by atoms with Crippen molar-refractivity contribution in [1.82, 2.24) is 15.6 Å². The molecule has 1 aliphatic rings. The summed E-state index contributed by atoms with van der Waals surface area (Å²) in [5.41, 5.74) is 1.71. The van der Waals surface area contributed by atoms with Gasteiger partial charge in [0.2, 0.25) is 5.91 Å². The Kier molecular flexibility index (Phi) is 7.92. The molecule has 1 atom stereocenters. The molecule has 0 radical (unpaired) electrons. The lowest BCUT2D eigenvalue weighted by Gasteiger charge is -2.15. The van der Waals surface area contributed by atoms with Gasteiger partial charge in [-0.05, 0) is 42.7 Å². The van der Waals surface area contributed by atoms with Crippen LogP contribution in [0, 0.1) is 0 Å². The van der Waals surface area contributed by atoms with E-state index in [1.807, 2.05) is 48.5 Å². The highest BCUT2D eigenvalue weighted by molar-refractivity contribution is 7.22. The van der Waals surface area contributed by atoms with E-state index in [1.165, 1.54) is 11.3 Å². The molecule has 1 aromatic heterocycles. The first kappa shape index (κ1) is 23.5. The van der Waals surface area contributed by atoms with Crippen molar-refractivity contribution in [2.24, 2.45) is 4.99 Å². The average Bonchev–Trinajstić information content (AvgIpc) is 3.25. The maximum atomic E-state index is 12.0. The molecule has 3 aromatic rings. The number of ether oxygens (including phenoxy) is 1. The first-order chi connectivity index (χ1) is 16.6. The molecule has 1 amide bonds. The van der Waals surface area contributed by atoms with Crippen molar-refractivity contribution >= 4 is 44.5 Å². The third-order valence-electron chi connectivity index (χ3n) is 5.22. The molecule has 4 rings (SSSR count). The highest BCUT2D eigenvalue weighted by Gasteiger charge is 2.19. The van der Waals surface area contributed by atoms with Gasteiger partial charge in [-0.2, -0.15) is 0 Å². The largest absolute Gasteiger partial charge is 0.494 e. The van der Waals surface area contributed by atoms with Crippen LogP contribution in [0.2, 0.25) is 0 Å². The van der Waals surface area contributed by atoms with Crippen LogP contribution in [0.25, 0.3) is 10.2 Å². The van der Waals surface area contributed by atoms with Gasteiger partial charge in [-0.3, -0.25) is 15.1 Å². The van der Waals surface area contributed by atoms with Crippen molar-refractivity contribution in [1.29, 1.82) is 0 Å². The van der Waals surface area contributed by atoms with E-state index in [2.05, 4.69) is 25.9 Å². The summed E-state index contributed by atoms with van der Waals surface area (Å²) in [6, 6.07) is 14.2. The minimum Gasteiger partial charge on any atom is -0.494 e. The highest BCUT2D eigenvalue weighted by Crippen LogP contribution is 2.26. The number of rotatable bonds is 10. The van der Waals surface area contributed by atoms with Crippen LogP contribution >= 0.6 is 11.3 Å². The van der Waals surface area contributed by atoms with E-state index in [0.717, 1.165) is 35.3 Å². The Hall–Kier alpha value is -3.66.